The zero-order valence-electron chi connectivity index (χ0n) is 12.2. The van der Waals surface area contributed by atoms with Crippen LogP contribution in [-0.4, -0.2) is 19.3 Å². The van der Waals surface area contributed by atoms with Gasteiger partial charge >= 0.3 is 0 Å². The Balaban J connectivity index is 2.30. The molecule has 0 saturated heterocycles. The van der Waals surface area contributed by atoms with Crippen LogP contribution in [0.25, 0.3) is 0 Å². The van der Waals surface area contributed by atoms with Crippen molar-refractivity contribution in [2.24, 2.45) is 5.92 Å². The van der Waals surface area contributed by atoms with Gasteiger partial charge in [0.1, 0.15) is 0 Å². The third-order valence-corrected chi connectivity index (χ3v) is 2.88. The van der Waals surface area contributed by atoms with E-state index in [2.05, 4.69) is 50.4 Å². The van der Waals surface area contributed by atoms with Crippen molar-refractivity contribution >= 4 is 0 Å². The maximum atomic E-state index is 5.48. The molecule has 0 amide bonds. The molecule has 0 spiro atoms. The fraction of sp³-hybridized carbons (Fsp3) is 0.625. The van der Waals surface area contributed by atoms with E-state index in [1.165, 1.54) is 11.1 Å². The van der Waals surface area contributed by atoms with E-state index in [1.54, 1.807) is 0 Å². The fourth-order valence-electron chi connectivity index (χ4n) is 2.03. The smallest absolute Gasteiger partial charge is 0.0671 e. The van der Waals surface area contributed by atoms with Crippen molar-refractivity contribution in [2.45, 2.75) is 46.8 Å². The minimum Gasteiger partial charge on any atom is -0.377 e. The highest BCUT2D eigenvalue weighted by Crippen LogP contribution is 2.09. The number of hydrogen-bond donors (Lipinski definition) is 1. The molecule has 0 fully saturated rings. The van der Waals surface area contributed by atoms with Crippen molar-refractivity contribution in [3.8, 4) is 0 Å². The van der Waals surface area contributed by atoms with Gasteiger partial charge in [0, 0.05) is 19.7 Å². The second-order valence-electron chi connectivity index (χ2n) is 5.31. The molecule has 18 heavy (non-hydrogen) atoms. The highest BCUT2D eigenvalue weighted by Gasteiger charge is 2.01. The summed E-state index contributed by atoms with van der Waals surface area (Å²) in [6.07, 6.45) is 1.45. The van der Waals surface area contributed by atoms with Crippen molar-refractivity contribution < 1.29 is 4.74 Å². The summed E-state index contributed by atoms with van der Waals surface area (Å²) >= 11 is 0. The molecule has 0 aliphatic carbocycles. The van der Waals surface area contributed by atoms with Crippen molar-refractivity contribution in [1.82, 2.24) is 5.32 Å². The summed E-state index contributed by atoms with van der Waals surface area (Å²) in [5.41, 5.74) is 2.77. The zero-order valence-corrected chi connectivity index (χ0v) is 12.2. The molecule has 0 aromatic heterocycles. The summed E-state index contributed by atoms with van der Waals surface area (Å²) in [7, 11) is 0. The summed E-state index contributed by atoms with van der Waals surface area (Å²) in [5.74, 6) is 0.723. The van der Waals surface area contributed by atoms with Gasteiger partial charge in [-0.25, -0.2) is 0 Å². The van der Waals surface area contributed by atoms with Crippen LogP contribution >= 0.6 is 0 Å². The molecule has 0 heterocycles. The topological polar surface area (TPSA) is 21.3 Å². The number of benzene rings is 1. The molecule has 0 aliphatic heterocycles. The zero-order chi connectivity index (χ0) is 13.4. The first kappa shape index (κ1) is 15.2. The first-order chi connectivity index (χ1) is 8.61. The Labute approximate surface area is 112 Å². The maximum Gasteiger partial charge on any atom is 0.0671 e. The highest BCUT2D eigenvalue weighted by atomic mass is 16.5. The van der Waals surface area contributed by atoms with Crippen LogP contribution < -0.4 is 5.32 Å². The Bertz CT molecular complexity index is 318. The second-order valence-corrected chi connectivity index (χ2v) is 5.31. The Hall–Kier alpha value is -0.860. The van der Waals surface area contributed by atoms with E-state index >= 15 is 0 Å². The van der Waals surface area contributed by atoms with E-state index in [-0.39, 0.29) is 6.10 Å². The molecule has 102 valence electrons. The Kier molecular flexibility index (Phi) is 6.99. The molecular formula is C16H27NO. The molecule has 1 N–H and O–H groups in total. The molecular weight excluding hydrogens is 222 g/mol. The van der Waals surface area contributed by atoms with Gasteiger partial charge in [0.15, 0.2) is 0 Å². The number of nitrogens with one attached hydrogen (secondary N) is 1. The van der Waals surface area contributed by atoms with Gasteiger partial charge in [-0.2, -0.15) is 0 Å². The molecule has 1 atom stereocenters. The summed E-state index contributed by atoms with van der Waals surface area (Å²) in [5, 5.41) is 3.42. The van der Waals surface area contributed by atoms with Gasteiger partial charge in [-0.05, 0) is 37.3 Å². The van der Waals surface area contributed by atoms with Crippen molar-refractivity contribution in [3.63, 3.8) is 0 Å². The van der Waals surface area contributed by atoms with E-state index in [0.717, 1.165) is 32.0 Å². The van der Waals surface area contributed by atoms with Gasteiger partial charge in [0.05, 0.1) is 6.10 Å². The van der Waals surface area contributed by atoms with Crippen LogP contribution in [0, 0.1) is 5.92 Å². The molecule has 0 aliphatic rings. The van der Waals surface area contributed by atoms with Crippen LogP contribution in [0.3, 0.4) is 0 Å². The SMILES string of the molecule is CCOC(C)CNCc1ccc(CC(C)C)cc1. The van der Waals surface area contributed by atoms with Crippen LogP contribution in [-0.2, 0) is 17.7 Å². The predicted molar refractivity (Wildman–Crippen MR) is 77.8 cm³/mol. The molecule has 1 aromatic carbocycles. The third kappa shape index (κ3) is 6.18. The van der Waals surface area contributed by atoms with E-state index < -0.39 is 0 Å². The minimum atomic E-state index is 0.287. The summed E-state index contributed by atoms with van der Waals surface area (Å²) < 4.78 is 5.48. The monoisotopic (exact) mass is 249 g/mol. The van der Waals surface area contributed by atoms with Gasteiger partial charge in [-0.3, -0.25) is 0 Å². The van der Waals surface area contributed by atoms with Gasteiger partial charge in [0.25, 0.3) is 0 Å². The first-order valence-electron chi connectivity index (χ1n) is 7.02. The minimum absolute atomic E-state index is 0.287. The van der Waals surface area contributed by atoms with Crippen molar-refractivity contribution in [2.75, 3.05) is 13.2 Å². The van der Waals surface area contributed by atoms with Crippen molar-refractivity contribution in [1.29, 1.82) is 0 Å². The second kappa shape index (κ2) is 8.28. The first-order valence-corrected chi connectivity index (χ1v) is 7.02. The molecule has 2 nitrogen and oxygen atoms in total. The maximum absolute atomic E-state index is 5.48. The van der Waals surface area contributed by atoms with E-state index in [4.69, 9.17) is 4.74 Å². The molecule has 0 radical (unpaired) electrons. The summed E-state index contributed by atoms with van der Waals surface area (Å²) in [6, 6.07) is 8.91. The van der Waals surface area contributed by atoms with Crippen LogP contribution in [0.15, 0.2) is 24.3 Å². The summed E-state index contributed by atoms with van der Waals surface area (Å²) in [4.78, 5) is 0. The van der Waals surface area contributed by atoms with Crippen LogP contribution in [0.5, 0.6) is 0 Å². The van der Waals surface area contributed by atoms with E-state index in [0.29, 0.717) is 0 Å². The Morgan fingerprint density at radius 1 is 1.06 bits per heavy atom. The molecule has 1 aromatic rings. The fourth-order valence-corrected chi connectivity index (χ4v) is 2.03. The van der Waals surface area contributed by atoms with Crippen LogP contribution in [0.4, 0.5) is 0 Å². The third-order valence-electron chi connectivity index (χ3n) is 2.88. The highest BCUT2D eigenvalue weighted by molar-refractivity contribution is 5.22. The lowest BCUT2D eigenvalue weighted by atomic mass is 10.0. The largest absolute Gasteiger partial charge is 0.377 e. The van der Waals surface area contributed by atoms with Gasteiger partial charge < -0.3 is 10.1 Å². The average Bonchev–Trinajstić information content (AvgIpc) is 2.31. The lowest BCUT2D eigenvalue weighted by molar-refractivity contribution is 0.0759. The Morgan fingerprint density at radius 2 is 1.67 bits per heavy atom. The number of hydrogen-bond acceptors (Lipinski definition) is 2. The van der Waals surface area contributed by atoms with Gasteiger partial charge in [0.2, 0.25) is 0 Å². The number of ether oxygens (including phenoxy) is 1. The lowest BCUT2D eigenvalue weighted by Crippen LogP contribution is -2.26. The normalized spacial score (nSPS) is 12.9. The molecule has 2 heteroatoms. The lowest BCUT2D eigenvalue weighted by Gasteiger charge is -2.13. The Morgan fingerprint density at radius 3 is 2.22 bits per heavy atom. The molecule has 1 unspecified atom stereocenters. The predicted octanol–water partition coefficient (Wildman–Crippen LogP) is 3.40. The van der Waals surface area contributed by atoms with E-state index in [9.17, 15) is 0 Å². The molecule has 1 rings (SSSR count). The molecule has 0 bridgehead atoms. The standard InChI is InChI=1S/C16H27NO/c1-5-18-14(4)11-17-12-16-8-6-15(7-9-16)10-13(2)3/h6-9,13-14,17H,5,10-12H2,1-4H3. The van der Waals surface area contributed by atoms with Crippen molar-refractivity contribution in [3.05, 3.63) is 35.4 Å². The molecule has 0 saturated carbocycles. The quantitative estimate of drug-likeness (QED) is 0.762. The average molecular weight is 249 g/mol. The summed E-state index contributed by atoms with van der Waals surface area (Å²) in [6.45, 7) is 11.2. The number of rotatable bonds is 8. The van der Waals surface area contributed by atoms with Gasteiger partial charge in [-0.1, -0.05) is 38.1 Å². The van der Waals surface area contributed by atoms with Crippen LogP contribution in [0.1, 0.15) is 38.8 Å². The van der Waals surface area contributed by atoms with E-state index in [1.807, 2.05) is 6.92 Å². The van der Waals surface area contributed by atoms with Crippen LogP contribution in [0.2, 0.25) is 0 Å². The van der Waals surface area contributed by atoms with Gasteiger partial charge in [-0.15, -0.1) is 0 Å².